The molecule has 1 aromatic heterocycles. The fraction of sp³-hybridized carbons (Fsp3) is 0.267. The van der Waals surface area contributed by atoms with Gasteiger partial charge < -0.3 is 19.2 Å². The van der Waals surface area contributed by atoms with Crippen LogP contribution in [0.3, 0.4) is 0 Å². The van der Waals surface area contributed by atoms with Gasteiger partial charge in [0.25, 0.3) is 0 Å². The molecule has 5 nitrogen and oxygen atoms in total. The number of hydrogen-bond acceptors (Lipinski definition) is 5. The van der Waals surface area contributed by atoms with Crippen LogP contribution in [0.25, 0.3) is 0 Å². The van der Waals surface area contributed by atoms with Crippen LogP contribution in [0.1, 0.15) is 21.9 Å². The van der Waals surface area contributed by atoms with Gasteiger partial charge in [0.1, 0.15) is 28.7 Å². The van der Waals surface area contributed by atoms with E-state index in [1.54, 1.807) is 19.1 Å². The van der Waals surface area contributed by atoms with E-state index in [0.29, 0.717) is 28.5 Å². The number of rotatable bonds is 5. The first-order valence-electron chi connectivity index (χ1n) is 6.30. The second kappa shape index (κ2) is 6.30. The van der Waals surface area contributed by atoms with Crippen LogP contribution in [0.2, 0.25) is 0 Å². The number of carbonyl (C=O) groups is 1. The number of anilines is 1. The van der Waals surface area contributed by atoms with E-state index in [2.05, 4.69) is 10.1 Å². The van der Waals surface area contributed by atoms with Crippen molar-refractivity contribution in [2.75, 3.05) is 19.5 Å². The van der Waals surface area contributed by atoms with Gasteiger partial charge in [0.05, 0.1) is 26.5 Å². The van der Waals surface area contributed by atoms with Crippen LogP contribution in [0.4, 0.5) is 10.1 Å². The molecule has 0 amide bonds. The van der Waals surface area contributed by atoms with Gasteiger partial charge in [-0.1, -0.05) is 0 Å². The lowest BCUT2D eigenvalue weighted by atomic mass is 10.2. The van der Waals surface area contributed by atoms with E-state index in [-0.39, 0.29) is 6.54 Å². The van der Waals surface area contributed by atoms with Gasteiger partial charge in [-0.2, -0.15) is 0 Å². The molecule has 2 rings (SSSR count). The van der Waals surface area contributed by atoms with Crippen molar-refractivity contribution in [2.45, 2.75) is 13.5 Å². The van der Waals surface area contributed by atoms with Crippen molar-refractivity contribution in [2.24, 2.45) is 0 Å². The normalized spacial score (nSPS) is 10.3. The van der Waals surface area contributed by atoms with Crippen molar-refractivity contribution in [3.05, 3.63) is 47.2 Å². The molecule has 1 aromatic carbocycles. The number of aryl methyl sites for hydroxylation is 1. The van der Waals surface area contributed by atoms with Gasteiger partial charge >= 0.3 is 5.97 Å². The minimum atomic E-state index is -0.463. The molecule has 0 saturated carbocycles. The summed E-state index contributed by atoms with van der Waals surface area (Å²) in [5.41, 5.74) is 0.656. The zero-order valence-electron chi connectivity index (χ0n) is 12.0. The van der Waals surface area contributed by atoms with E-state index in [1.807, 2.05) is 0 Å². The maximum atomic E-state index is 13.7. The maximum absolute atomic E-state index is 13.7. The molecule has 0 saturated heterocycles. The summed E-state index contributed by atoms with van der Waals surface area (Å²) >= 11 is 0. The molecule has 0 atom stereocenters. The van der Waals surface area contributed by atoms with Gasteiger partial charge in [-0.05, 0) is 25.1 Å². The Kier molecular flexibility index (Phi) is 4.47. The first-order valence-corrected chi connectivity index (χ1v) is 6.30. The van der Waals surface area contributed by atoms with Crippen molar-refractivity contribution in [3.8, 4) is 5.75 Å². The van der Waals surface area contributed by atoms with Crippen LogP contribution < -0.4 is 10.1 Å². The van der Waals surface area contributed by atoms with E-state index in [0.717, 1.165) is 0 Å². The minimum absolute atomic E-state index is 0.238. The molecular formula is C15H16FNO4. The van der Waals surface area contributed by atoms with Crippen LogP contribution >= 0.6 is 0 Å². The molecule has 6 heteroatoms. The Morgan fingerprint density at radius 3 is 2.76 bits per heavy atom. The number of esters is 1. The number of furan rings is 1. The highest BCUT2D eigenvalue weighted by Gasteiger charge is 2.15. The lowest BCUT2D eigenvalue weighted by Crippen LogP contribution is -2.02. The monoisotopic (exact) mass is 293 g/mol. The first kappa shape index (κ1) is 14.9. The summed E-state index contributed by atoms with van der Waals surface area (Å²) in [6, 6.07) is 5.97. The average Bonchev–Trinajstić information content (AvgIpc) is 2.86. The van der Waals surface area contributed by atoms with E-state index in [9.17, 15) is 9.18 Å². The highest BCUT2D eigenvalue weighted by Crippen LogP contribution is 2.22. The summed E-state index contributed by atoms with van der Waals surface area (Å²) in [5, 5.41) is 2.90. The third-order valence-electron chi connectivity index (χ3n) is 3.00. The Balaban J connectivity index is 2.11. The molecule has 0 fully saturated rings. The Hall–Kier alpha value is -2.50. The summed E-state index contributed by atoms with van der Waals surface area (Å²) in [5.74, 6) is 0.659. The molecule has 1 heterocycles. The van der Waals surface area contributed by atoms with Crippen molar-refractivity contribution < 1.29 is 23.1 Å². The molecule has 0 aliphatic carbocycles. The topological polar surface area (TPSA) is 60.7 Å². The molecule has 112 valence electrons. The number of ether oxygens (including phenoxy) is 2. The van der Waals surface area contributed by atoms with Gasteiger partial charge in [0.2, 0.25) is 0 Å². The summed E-state index contributed by atoms with van der Waals surface area (Å²) in [6.45, 7) is 1.91. The number of methoxy groups -OCH3 is 2. The number of carbonyl (C=O) groups excluding carboxylic acids is 1. The van der Waals surface area contributed by atoms with Crippen LogP contribution in [0.15, 0.2) is 28.7 Å². The number of halogens is 1. The fourth-order valence-corrected chi connectivity index (χ4v) is 1.89. The highest BCUT2D eigenvalue weighted by molar-refractivity contribution is 5.90. The summed E-state index contributed by atoms with van der Waals surface area (Å²) in [7, 11) is 2.81. The summed E-state index contributed by atoms with van der Waals surface area (Å²) < 4.78 is 28.8. The number of nitrogens with one attached hydrogen (secondary N) is 1. The molecule has 0 aliphatic heterocycles. The molecule has 21 heavy (non-hydrogen) atoms. The molecule has 0 bridgehead atoms. The molecule has 0 spiro atoms. The quantitative estimate of drug-likeness (QED) is 0.858. The van der Waals surface area contributed by atoms with E-state index < -0.39 is 11.8 Å². The van der Waals surface area contributed by atoms with Gasteiger partial charge in [-0.25, -0.2) is 9.18 Å². The molecule has 0 radical (unpaired) electrons. The average molecular weight is 293 g/mol. The number of benzene rings is 1. The summed E-state index contributed by atoms with van der Waals surface area (Å²) in [6.07, 6.45) is 0. The Morgan fingerprint density at radius 2 is 2.10 bits per heavy atom. The van der Waals surface area contributed by atoms with Gasteiger partial charge in [0, 0.05) is 6.07 Å². The van der Waals surface area contributed by atoms with Crippen LogP contribution in [0, 0.1) is 12.7 Å². The second-order valence-electron chi connectivity index (χ2n) is 4.37. The zero-order chi connectivity index (χ0) is 15.4. The van der Waals surface area contributed by atoms with E-state index in [4.69, 9.17) is 9.15 Å². The van der Waals surface area contributed by atoms with E-state index >= 15 is 0 Å². The van der Waals surface area contributed by atoms with Crippen LogP contribution in [-0.2, 0) is 11.3 Å². The lowest BCUT2D eigenvalue weighted by molar-refractivity contribution is 0.0599. The Labute approximate surface area is 121 Å². The molecule has 0 aliphatic rings. The smallest absolute Gasteiger partial charge is 0.341 e. The molecule has 1 N–H and O–H groups in total. The van der Waals surface area contributed by atoms with E-state index in [1.165, 1.54) is 26.4 Å². The fourth-order valence-electron chi connectivity index (χ4n) is 1.89. The highest BCUT2D eigenvalue weighted by atomic mass is 19.1. The molecule has 0 unspecified atom stereocenters. The second-order valence-corrected chi connectivity index (χ2v) is 4.37. The van der Waals surface area contributed by atoms with Crippen molar-refractivity contribution in [1.82, 2.24) is 0 Å². The third kappa shape index (κ3) is 3.34. The van der Waals surface area contributed by atoms with Gasteiger partial charge in [-0.15, -0.1) is 0 Å². The van der Waals surface area contributed by atoms with Crippen molar-refractivity contribution >= 4 is 11.7 Å². The standard InChI is InChI=1S/C15H16FNO4/c1-9-12(15(18)20-3)6-11(21-9)8-17-14-7-10(19-2)4-5-13(14)16/h4-7,17H,8H2,1-3H3. The number of hydrogen-bond donors (Lipinski definition) is 1. The molecule has 2 aromatic rings. The van der Waals surface area contributed by atoms with Crippen LogP contribution in [0.5, 0.6) is 5.75 Å². The molecular weight excluding hydrogens is 277 g/mol. The van der Waals surface area contributed by atoms with Crippen molar-refractivity contribution in [3.63, 3.8) is 0 Å². The van der Waals surface area contributed by atoms with Gasteiger partial charge in [0.15, 0.2) is 0 Å². The minimum Gasteiger partial charge on any atom is -0.497 e. The third-order valence-corrected chi connectivity index (χ3v) is 3.00. The maximum Gasteiger partial charge on any atom is 0.341 e. The largest absolute Gasteiger partial charge is 0.497 e. The lowest BCUT2D eigenvalue weighted by Gasteiger charge is -2.07. The first-order chi connectivity index (χ1) is 10.0. The zero-order valence-corrected chi connectivity index (χ0v) is 12.0. The Bertz CT molecular complexity index is 651. The predicted octanol–water partition coefficient (Wildman–Crippen LogP) is 3.13. The predicted molar refractivity (Wildman–Crippen MR) is 75.1 cm³/mol. The van der Waals surface area contributed by atoms with Crippen LogP contribution in [-0.4, -0.2) is 20.2 Å². The summed E-state index contributed by atoms with van der Waals surface area (Å²) in [4.78, 5) is 11.5. The van der Waals surface area contributed by atoms with Gasteiger partial charge in [-0.3, -0.25) is 0 Å². The SMILES string of the molecule is COC(=O)c1cc(CNc2cc(OC)ccc2F)oc1C. The van der Waals surface area contributed by atoms with Crippen molar-refractivity contribution in [1.29, 1.82) is 0 Å². The Morgan fingerprint density at radius 1 is 1.33 bits per heavy atom.